The zero-order valence-corrected chi connectivity index (χ0v) is 12.1. The molecule has 0 N–H and O–H groups in total. The van der Waals surface area contributed by atoms with E-state index in [0.717, 1.165) is 22.7 Å². The maximum atomic E-state index is 4.66. The largest absolute Gasteiger partial charge is 0.332 e. The smallest absolute Gasteiger partial charge is 0.141 e. The minimum Gasteiger partial charge on any atom is -0.332 e. The first-order valence-corrected chi connectivity index (χ1v) is 7.39. The molecule has 0 unspecified atom stereocenters. The van der Waals surface area contributed by atoms with E-state index in [1.165, 1.54) is 42.6 Å². The Morgan fingerprint density at radius 3 is 2.83 bits per heavy atom. The van der Waals surface area contributed by atoms with Gasteiger partial charge in [0.1, 0.15) is 10.3 Å². The van der Waals surface area contributed by atoms with E-state index in [1.54, 1.807) is 0 Å². The molecule has 2 aromatic heterocycles. The Balaban J connectivity index is 2.05. The molecule has 94 valence electrons. The van der Waals surface area contributed by atoms with Gasteiger partial charge in [0.2, 0.25) is 0 Å². The van der Waals surface area contributed by atoms with Crippen LogP contribution in [0.3, 0.4) is 0 Å². The molecule has 5 rings (SSSR count). The van der Waals surface area contributed by atoms with Gasteiger partial charge in [-0.15, -0.1) is 0 Å². The van der Waals surface area contributed by atoms with Crippen molar-refractivity contribution >= 4 is 27.0 Å². The van der Waals surface area contributed by atoms with E-state index < -0.39 is 0 Å². The summed E-state index contributed by atoms with van der Waals surface area (Å²) in [5.41, 5.74) is 4.19. The Morgan fingerprint density at radius 1 is 1.28 bits per heavy atom. The summed E-state index contributed by atoms with van der Waals surface area (Å²) in [7, 11) is 2.18. The van der Waals surface area contributed by atoms with Crippen molar-refractivity contribution in [2.24, 2.45) is 7.05 Å². The highest BCUT2D eigenvalue weighted by molar-refractivity contribution is 9.10. The first-order chi connectivity index (χ1) is 8.74. The summed E-state index contributed by atoms with van der Waals surface area (Å²) in [6.07, 6.45) is 2.61. The van der Waals surface area contributed by atoms with Crippen molar-refractivity contribution in [3.05, 3.63) is 28.0 Å². The van der Waals surface area contributed by atoms with Crippen molar-refractivity contribution in [1.29, 1.82) is 0 Å². The Labute approximate surface area is 115 Å². The average molecular weight is 306 g/mol. The van der Waals surface area contributed by atoms with Crippen LogP contribution in [0.2, 0.25) is 0 Å². The first-order valence-electron chi connectivity index (χ1n) is 6.60. The molecule has 0 amide bonds. The fraction of sp³-hybridized carbons (Fsp3) is 0.500. The molecule has 1 fully saturated rings. The summed E-state index contributed by atoms with van der Waals surface area (Å²) in [6, 6.07) is 4.28. The number of nitrogens with zero attached hydrogens (tertiary/aromatic N) is 3. The number of hydrogen-bond donors (Lipinski definition) is 0. The minimum atomic E-state index is 0.733. The van der Waals surface area contributed by atoms with Gasteiger partial charge in [0.15, 0.2) is 0 Å². The van der Waals surface area contributed by atoms with Gasteiger partial charge in [-0.25, -0.2) is 4.98 Å². The van der Waals surface area contributed by atoms with Crippen molar-refractivity contribution in [3.63, 3.8) is 0 Å². The molecular weight excluding hydrogens is 290 g/mol. The Kier molecular flexibility index (Phi) is 2.33. The summed E-state index contributed by atoms with van der Waals surface area (Å²) in [6.45, 7) is 3.61. The van der Waals surface area contributed by atoms with E-state index in [0.29, 0.717) is 0 Å². The SMILES string of the molecule is Cn1c2c(c3ccc(Br)nc31)CN1CCC2CC1. The van der Waals surface area contributed by atoms with Crippen LogP contribution in [-0.4, -0.2) is 27.5 Å². The number of piperidine rings is 1. The maximum absolute atomic E-state index is 4.66. The topological polar surface area (TPSA) is 21.1 Å². The van der Waals surface area contributed by atoms with E-state index in [9.17, 15) is 0 Å². The highest BCUT2D eigenvalue weighted by atomic mass is 79.9. The van der Waals surface area contributed by atoms with Crippen molar-refractivity contribution in [2.45, 2.75) is 25.3 Å². The lowest BCUT2D eigenvalue weighted by Gasteiger charge is -2.27. The van der Waals surface area contributed by atoms with E-state index in [2.05, 4.69) is 49.6 Å². The van der Waals surface area contributed by atoms with Crippen molar-refractivity contribution < 1.29 is 0 Å². The van der Waals surface area contributed by atoms with Gasteiger partial charge in [-0.2, -0.15) is 0 Å². The molecule has 0 spiro atoms. The van der Waals surface area contributed by atoms with Gasteiger partial charge in [0.25, 0.3) is 0 Å². The van der Waals surface area contributed by atoms with Gasteiger partial charge in [0, 0.05) is 30.6 Å². The Bertz CT molecular complexity index is 623. The minimum absolute atomic E-state index is 0.733. The second-order valence-electron chi connectivity index (χ2n) is 5.48. The zero-order valence-electron chi connectivity index (χ0n) is 10.5. The number of aryl methyl sites for hydroxylation is 1. The molecule has 3 aliphatic heterocycles. The number of halogens is 1. The predicted octanol–water partition coefficient (Wildman–Crippen LogP) is 3.03. The highest BCUT2D eigenvalue weighted by Crippen LogP contribution is 2.40. The fourth-order valence-corrected chi connectivity index (χ4v) is 3.95. The van der Waals surface area contributed by atoms with Crippen molar-refractivity contribution in [1.82, 2.24) is 14.5 Å². The van der Waals surface area contributed by atoms with Crippen molar-refractivity contribution in [3.8, 4) is 0 Å². The van der Waals surface area contributed by atoms with Crippen LogP contribution in [0.4, 0.5) is 0 Å². The third kappa shape index (κ3) is 1.42. The van der Waals surface area contributed by atoms with Crippen LogP contribution in [0.25, 0.3) is 11.0 Å². The number of aromatic nitrogens is 2. The van der Waals surface area contributed by atoms with Gasteiger partial charge in [-0.3, -0.25) is 4.90 Å². The second-order valence-corrected chi connectivity index (χ2v) is 6.29. The molecule has 0 atom stereocenters. The highest BCUT2D eigenvalue weighted by Gasteiger charge is 2.32. The van der Waals surface area contributed by atoms with Crippen molar-refractivity contribution in [2.75, 3.05) is 13.1 Å². The van der Waals surface area contributed by atoms with Gasteiger partial charge >= 0.3 is 0 Å². The molecule has 0 aliphatic carbocycles. The zero-order chi connectivity index (χ0) is 12.3. The summed E-state index contributed by atoms with van der Waals surface area (Å²) >= 11 is 3.48. The van der Waals surface area contributed by atoms with Crippen LogP contribution in [0.1, 0.15) is 30.0 Å². The quantitative estimate of drug-likeness (QED) is 0.698. The first kappa shape index (κ1) is 11.0. The van der Waals surface area contributed by atoms with Gasteiger partial charge in [0.05, 0.1) is 0 Å². The molecule has 3 nitrogen and oxygen atoms in total. The third-order valence-electron chi connectivity index (χ3n) is 4.51. The van der Waals surface area contributed by atoms with Crippen LogP contribution in [-0.2, 0) is 13.6 Å². The van der Waals surface area contributed by atoms with Crippen LogP contribution in [0.15, 0.2) is 16.7 Å². The molecular formula is C14H16BrN3. The monoisotopic (exact) mass is 305 g/mol. The molecule has 0 aromatic carbocycles. The molecule has 4 heteroatoms. The summed E-state index contributed by atoms with van der Waals surface area (Å²) in [4.78, 5) is 7.24. The van der Waals surface area contributed by atoms with Gasteiger partial charge < -0.3 is 4.57 Å². The summed E-state index contributed by atoms with van der Waals surface area (Å²) < 4.78 is 3.26. The molecule has 0 radical (unpaired) electrons. The maximum Gasteiger partial charge on any atom is 0.141 e. The lowest BCUT2D eigenvalue weighted by Crippen LogP contribution is -2.29. The lowest BCUT2D eigenvalue weighted by molar-refractivity contribution is 0.220. The molecule has 3 aliphatic rings. The number of pyridine rings is 1. The average Bonchev–Trinajstić information content (AvgIpc) is 2.56. The van der Waals surface area contributed by atoms with Crippen LogP contribution in [0, 0.1) is 0 Å². The Hall–Kier alpha value is -0.870. The van der Waals surface area contributed by atoms with E-state index in [1.807, 2.05) is 0 Å². The Morgan fingerprint density at radius 2 is 2.06 bits per heavy atom. The molecule has 0 saturated carbocycles. The van der Waals surface area contributed by atoms with E-state index in [4.69, 9.17) is 0 Å². The van der Waals surface area contributed by atoms with E-state index in [-0.39, 0.29) is 0 Å². The normalized spacial score (nSPS) is 26.3. The third-order valence-corrected chi connectivity index (χ3v) is 4.95. The van der Waals surface area contributed by atoms with Gasteiger partial charge in [-0.05, 0) is 59.6 Å². The molecule has 5 heterocycles. The van der Waals surface area contributed by atoms with E-state index >= 15 is 0 Å². The summed E-state index contributed by atoms with van der Waals surface area (Å²) in [5, 5.41) is 1.34. The van der Waals surface area contributed by atoms with Crippen LogP contribution < -0.4 is 0 Å². The molecule has 1 saturated heterocycles. The number of rotatable bonds is 0. The molecule has 2 aromatic rings. The number of hydrogen-bond acceptors (Lipinski definition) is 2. The molecule has 2 bridgehead atoms. The lowest BCUT2D eigenvalue weighted by atomic mass is 9.94. The molecule has 18 heavy (non-hydrogen) atoms. The predicted molar refractivity (Wildman–Crippen MR) is 75.7 cm³/mol. The second kappa shape index (κ2) is 3.81. The summed E-state index contributed by atoms with van der Waals surface area (Å²) in [5.74, 6) is 0.733. The van der Waals surface area contributed by atoms with Crippen LogP contribution >= 0.6 is 15.9 Å². The fourth-order valence-electron chi connectivity index (χ4n) is 3.65. The standard InChI is InChI=1S/C14H16BrN3/c1-17-13-9-4-6-18(7-5-9)8-11(13)10-2-3-12(15)16-14(10)17/h2-3,9H,4-8H2,1H3. The van der Waals surface area contributed by atoms with Crippen LogP contribution in [0.5, 0.6) is 0 Å². The number of fused-ring (bicyclic) bond motifs is 3. The van der Waals surface area contributed by atoms with Gasteiger partial charge in [-0.1, -0.05) is 0 Å².